The zero-order chi connectivity index (χ0) is 14.0. The van der Waals surface area contributed by atoms with E-state index in [4.69, 9.17) is 16.3 Å². The molecule has 0 N–H and O–H groups in total. The molecule has 6 heteroatoms. The topological polar surface area (TPSA) is 46.6 Å². The van der Waals surface area contributed by atoms with Gasteiger partial charge in [-0.2, -0.15) is 0 Å². The standard InChI is InChI=1S/C14H11ClFNO3/c15-7-5-6(1-2-8(7)16)17-13(18)11-9-3-4-10(20-9)12(11)14(17)19/h1-2,5,9-12H,3-4H2/t9-,10+,11-,12+. The zero-order valence-corrected chi connectivity index (χ0v) is 11.1. The number of anilines is 1. The number of benzene rings is 1. The molecular formula is C14H11ClFNO3. The zero-order valence-electron chi connectivity index (χ0n) is 10.4. The minimum atomic E-state index is -0.571. The van der Waals surface area contributed by atoms with Gasteiger partial charge in [0.2, 0.25) is 11.8 Å². The van der Waals surface area contributed by atoms with Crippen molar-refractivity contribution in [2.75, 3.05) is 4.90 Å². The molecule has 3 saturated heterocycles. The van der Waals surface area contributed by atoms with Crippen LogP contribution in [-0.2, 0) is 14.3 Å². The molecular weight excluding hydrogens is 285 g/mol. The number of carbonyl (C=O) groups is 2. The summed E-state index contributed by atoms with van der Waals surface area (Å²) in [6.07, 6.45) is 1.34. The van der Waals surface area contributed by atoms with Crippen LogP contribution in [0.3, 0.4) is 0 Å². The number of fused-ring (bicyclic) bond motifs is 5. The maximum absolute atomic E-state index is 13.2. The number of ether oxygens (including phenoxy) is 1. The summed E-state index contributed by atoms with van der Waals surface area (Å²) in [7, 11) is 0. The predicted octanol–water partition coefficient (Wildman–Crippen LogP) is 2.15. The maximum atomic E-state index is 13.2. The Labute approximate surface area is 119 Å². The van der Waals surface area contributed by atoms with Crippen LogP contribution < -0.4 is 4.90 Å². The van der Waals surface area contributed by atoms with Crippen LogP contribution in [-0.4, -0.2) is 24.0 Å². The third-order valence-electron chi connectivity index (χ3n) is 4.45. The average Bonchev–Trinajstić information content (AvgIpc) is 3.08. The Hall–Kier alpha value is -1.46. The summed E-state index contributed by atoms with van der Waals surface area (Å²) < 4.78 is 18.9. The van der Waals surface area contributed by atoms with E-state index in [1.165, 1.54) is 12.1 Å². The van der Waals surface area contributed by atoms with Gasteiger partial charge in [-0.15, -0.1) is 0 Å². The van der Waals surface area contributed by atoms with Gasteiger partial charge in [-0.1, -0.05) is 11.6 Å². The number of hydrogen-bond acceptors (Lipinski definition) is 3. The molecule has 4 nitrogen and oxygen atoms in total. The summed E-state index contributed by atoms with van der Waals surface area (Å²) in [5.41, 5.74) is 0.334. The first-order valence-electron chi connectivity index (χ1n) is 6.56. The first-order valence-corrected chi connectivity index (χ1v) is 6.94. The second-order valence-corrected chi connectivity index (χ2v) is 5.86. The summed E-state index contributed by atoms with van der Waals surface area (Å²) in [5.74, 6) is -1.85. The molecule has 3 aliphatic heterocycles. The third kappa shape index (κ3) is 1.45. The molecule has 104 valence electrons. The summed E-state index contributed by atoms with van der Waals surface area (Å²) >= 11 is 5.73. The fraction of sp³-hybridized carbons (Fsp3) is 0.429. The van der Waals surface area contributed by atoms with Gasteiger partial charge < -0.3 is 4.74 Å². The molecule has 1 aromatic rings. The van der Waals surface area contributed by atoms with Gasteiger partial charge in [-0.3, -0.25) is 9.59 Å². The van der Waals surface area contributed by atoms with E-state index in [1.54, 1.807) is 0 Å². The lowest BCUT2D eigenvalue weighted by Gasteiger charge is -2.17. The van der Waals surface area contributed by atoms with Gasteiger partial charge in [0.1, 0.15) is 5.82 Å². The second-order valence-electron chi connectivity index (χ2n) is 5.45. The molecule has 3 fully saturated rings. The molecule has 1 aromatic carbocycles. The quantitative estimate of drug-likeness (QED) is 0.746. The molecule has 4 atom stereocenters. The van der Waals surface area contributed by atoms with E-state index in [0.29, 0.717) is 5.69 Å². The Morgan fingerprint density at radius 1 is 1.15 bits per heavy atom. The predicted molar refractivity (Wildman–Crippen MR) is 68.8 cm³/mol. The summed E-state index contributed by atoms with van der Waals surface area (Å²) in [6.45, 7) is 0. The van der Waals surface area contributed by atoms with Crippen molar-refractivity contribution in [2.45, 2.75) is 25.0 Å². The number of halogens is 2. The maximum Gasteiger partial charge on any atom is 0.240 e. The van der Waals surface area contributed by atoms with Crippen molar-refractivity contribution in [1.82, 2.24) is 0 Å². The van der Waals surface area contributed by atoms with Gasteiger partial charge in [0.05, 0.1) is 34.8 Å². The minimum absolute atomic E-state index is 0.0978. The molecule has 0 spiro atoms. The summed E-state index contributed by atoms with van der Waals surface area (Å²) in [5, 5.41) is -0.0978. The van der Waals surface area contributed by atoms with Crippen molar-refractivity contribution in [3.8, 4) is 0 Å². The van der Waals surface area contributed by atoms with E-state index in [-0.39, 0.29) is 40.9 Å². The number of nitrogens with zero attached hydrogens (tertiary/aromatic N) is 1. The molecule has 0 unspecified atom stereocenters. The Balaban J connectivity index is 1.74. The molecule has 20 heavy (non-hydrogen) atoms. The number of amides is 2. The van der Waals surface area contributed by atoms with E-state index in [0.717, 1.165) is 23.8 Å². The second kappa shape index (κ2) is 4.02. The third-order valence-corrected chi connectivity index (χ3v) is 4.74. The first-order chi connectivity index (χ1) is 9.58. The van der Waals surface area contributed by atoms with Gasteiger partial charge in [0, 0.05) is 0 Å². The van der Waals surface area contributed by atoms with Gasteiger partial charge >= 0.3 is 0 Å². The van der Waals surface area contributed by atoms with E-state index in [9.17, 15) is 14.0 Å². The SMILES string of the molecule is O=C1[C@@H]2[C@H](C(=O)N1c1ccc(F)c(Cl)c1)[C@H]1CC[C@@H]2O1. The van der Waals surface area contributed by atoms with Crippen LogP contribution >= 0.6 is 11.6 Å². The molecule has 4 rings (SSSR count). The lowest BCUT2D eigenvalue weighted by molar-refractivity contribution is -0.124. The van der Waals surface area contributed by atoms with Crippen LogP contribution in [0.15, 0.2) is 18.2 Å². The molecule has 0 aromatic heterocycles. The molecule has 3 heterocycles. The molecule has 0 aliphatic carbocycles. The Kier molecular flexibility index (Phi) is 2.47. The number of hydrogen-bond donors (Lipinski definition) is 0. The van der Waals surface area contributed by atoms with Gasteiger partial charge in [-0.05, 0) is 31.0 Å². The highest BCUT2D eigenvalue weighted by molar-refractivity contribution is 6.31. The van der Waals surface area contributed by atoms with Crippen molar-refractivity contribution in [3.05, 3.63) is 29.0 Å². The highest BCUT2D eigenvalue weighted by Gasteiger charge is 2.62. The lowest BCUT2D eigenvalue weighted by Crippen LogP contribution is -2.34. The number of rotatable bonds is 1. The molecule has 3 aliphatic rings. The number of imide groups is 1. The van der Waals surface area contributed by atoms with Crippen molar-refractivity contribution in [1.29, 1.82) is 0 Å². The molecule has 2 amide bonds. The fourth-order valence-corrected chi connectivity index (χ4v) is 3.77. The Bertz CT molecular complexity index is 607. The smallest absolute Gasteiger partial charge is 0.240 e. The van der Waals surface area contributed by atoms with Crippen LogP contribution in [0, 0.1) is 17.7 Å². The minimum Gasteiger partial charge on any atom is -0.373 e. The van der Waals surface area contributed by atoms with Gasteiger partial charge in [0.15, 0.2) is 0 Å². The Morgan fingerprint density at radius 2 is 1.75 bits per heavy atom. The molecule has 0 saturated carbocycles. The first kappa shape index (κ1) is 12.3. The molecule has 0 radical (unpaired) electrons. The lowest BCUT2D eigenvalue weighted by atomic mass is 9.81. The van der Waals surface area contributed by atoms with E-state index in [1.807, 2.05) is 0 Å². The van der Waals surface area contributed by atoms with Crippen molar-refractivity contribution in [3.63, 3.8) is 0 Å². The Morgan fingerprint density at radius 3 is 2.30 bits per heavy atom. The van der Waals surface area contributed by atoms with E-state index < -0.39 is 5.82 Å². The van der Waals surface area contributed by atoms with Gasteiger partial charge in [-0.25, -0.2) is 9.29 Å². The van der Waals surface area contributed by atoms with Crippen LogP contribution in [0.2, 0.25) is 5.02 Å². The average molecular weight is 296 g/mol. The van der Waals surface area contributed by atoms with Crippen molar-refractivity contribution >= 4 is 29.1 Å². The molecule has 2 bridgehead atoms. The normalized spacial score (nSPS) is 35.0. The van der Waals surface area contributed by atoms with Crippen LogP contribution in [0.1, 0.15) is 12.8 Å². The number of carbonyl (C=O) groups excluding carboxylic acids is 2. The van der Waals surface area contributed by atoms with Crippen LogP contribution in [0.4, 0.5) is 10.1 Å². The monoisotopic (exact) mass is 295 g/mol. The fourth-order valence-electron chi connectivity index (χ4n) is 3.59. The highest BCUT2D eigenvalue weighted by atomic mass is 35.5. The van der Waals surface area contributed by atoms with E-state index >= 15 is 0 Å². The van der Waals surface area contributed by atoms with Crippen LogP contribution in [0.5, 0.6) is 0 Å². The largest absolute Gasteiger partial charge is 0.373 e. The summed E-state index contributed by atoms with van der Waals surface area (Å²) in [6, 6.07) is 3.88. The van der Waals surface area contributed by atoms with E-state index in [2.05, 4.69) is 0 Å². The van der Waals surface area contributed by atoms with Crippen molar-refractivity contribution in [2.24, 2.45) is 11.8 Å². The van der Waals surface area contributed by atoms with Crippen molar-refractivity contribution < 1.29 is 18.7 Å². The summed E-state index contributed by atoms with van der Waals surface area (Å²) in [4.78, 5) is 26.1. The van der Waals surface area contributed by atoms with Crippen LogP contribution in [0.25, 0.3) is 0 Å². The highest BCUT2D eigenvalue weighted by Crippen LogP contribution is 2.49. The van der Waals surface area contributed by atoms with Gasteiger partial charge in [0.25, 0.3) is 0 Å².